The number of para-hydroxylation sites is 1. The van der Waals surface area contributed by atoms with Crippen LogP contribution in [-0.2, 0) is 0 Å². The molecule has 22 heavy (non-hydrogen) atoms. The number of Topliss-reactive ketones (excluding diaryl/α,β-unsaturated/α-hetero) is 1. The lowest BCUT2D eigenvalue weighted by molar-refractivity contribution is 0.101. The third-order valence-electron chi connectivity index (χ3n) is 3.87. The van der Waals surface area contributed by atoms with Gasteiger partial charge in [0.05, 0.1) is 17.9 Å². The van der Waals surface area contributed by atoms with Gasteiger partial charge in [0.15, 0.2) is 5.78 Å². The summed E-state index contributed by atoms with van der Waals surface area (Å²) in [5, 5.41) is 0. The molecule has 0 spiro atoms. The molecule has 1 aliphatic rings. The van der Waals surface area contributed by atoms with E-state index in [1.54, 1.807) is 10.6 Å². The average Bonchev–Trinajstić information content (AvgIpc) is 3.32. The smallest absolute Gasteiger partial charge is 0.262 e. The Morgan fingerprint density at radius 1 is 1.23 bits per heavy atom. The normalized spacial score (nSPS) is 13.9. The molecule has 0 amide bonds. The van der Waals surface area contributed by atoms with Crippen molar-refractivity contribution in [1.29, 1.82) is 0 Å². The van der Waals surface area contributed by atoms with Crippen LogP contribution in [0.1, 0.15) is 43.1 Å². The minimum Gasteiger partial charge on any atom is -0.493 e. The summed E-state index contributed by atoms with van der Waals surface area (Å²) < 4.78 is 7.44. The highest BCUT2D eigenvalue weighted by atomic mass is 16.5. The molecular formula is C18H19NO3. The molecule has 4 heteroatoms. The molecule has 114 valence electrons. The number of carbonyl (C=O) groups is 1. The second-order valence-corrected chi connectivity index (χ2v) is 5.52. The van der Waals surface area contributed by atoms with Crippen LogP contribution in [0, 0.1) is 0 Å². The molecule has 1 saturated carbocycles. The Labute approximate surface area is 129 Å². The van der Waals surface area contributed by atoms with Crippen LogP contribution in [0.4, 0.5) is 0 Å². The minimum atomic E-state index is -0.196. The maximum absolute atomic E-state index is 12.7. The predicted octanol–water partition coefficient (Wildman–Crippen LogP) is 3.45. The van der Waals surface area contributed by atoms with Gasteiger partial charge in [0.2, 0.25) is 0 Å². The molecule has 3 rings (SSSR count). The summed E-state index contributed by atoms with van der Waals surface area (Å²) in [4.78, 5) is 24.3. The van der Waals surface area contributed by atoms with Gasteiger partial charge >= 0.3 is 0 Å². The van der Waals surface area contributed by atoms with Gasteiger partial charge in [-0.2, -0.15) is 0 Å². The second kappa shape index (κ2) is 5.79. The van der Waals surface area contributed by atoms with Crippen molar-refractivity contribution in [2.75, 3.05) is 6.61 Å². The number of ketones is 1. The lowest BCUT2D eigenvalue weighted by Gasteiger charge is -2.16. The predicted molar refractivity (Wildman–Crippen MR) is 85.6 cm³/mol. The van der Waals surface area contributed by atoms with Gasteiger partial charge in [-0.25, -0.2) is 0 Å². The Kier molecular flexibility index (Phi) is 3.84. The summed E-state index contributed by atoms with van der Waals surface area (Å²) in [6.45, 7) is 3.93. The topological polar surface area (TPSA) is 48.3 Å². The molecule has 1 aliphatic carbocycles. The van der Waals surface area contributed by atoms with Crippen molar-refractivity contribution in [3.63, 3.8) is 0 Å². The van der Waals surface area contributed by atoms with E-state index < -0.39 is 0 Å². The molecule has 0 saturated heterocycles. The average molecular weight is 297 g/mol. The molecule has 0 radical (unpaired) electrons. The van der Waals surface area contributed by atoms with Crippen LogP contribution >= 0.6 is 0 Å². The summed E-state index contributed by atoms with van der Waals surface area (Å²) in [5.74, 6) is 0.568. The van der Waals surface area contributed by atoms with Crippen LogP contribution in [0.5, 0.6) is 5.75 Å². The molecule has 0 unspecified atom stereocenters. The van der Waals surface area contributed by atoms with E-state index in [-0.39, 0.29) is 22.9 Å². The van der Waals surface area contributed by atoms with Gasteiger partial charge in [-0.1, -0.05) is 12.1 Å². The van der Waals surface area contributed by atoms with Crippen LogP contribution in [0.3, 0.4) is 0 Å². The summed E-state index contributed by atoms with van der Waals surface area (Å²) >= 11 is 0. The Morgan fingerprint density at radius 3 is 2.59 bits per heavy atom. The number of carbonyl (C=O) groups excluding carboxylic acids is 1. The van der Waals surface area contributed by atoms with Crippen molar-refractivity contribution in [3.8, 4) is 17.0 Å². The fourth-order valence-corrected chi connectivity index (χ4v) is 2.70. The van der Waals surface area contributed by atoms with Crippen LogP contribution in [0.2, 0.25) is 0 Å². The van der Waals surface area contributed by atoms with E-state index in [0.29, 0.717) is 6.61 Å². The SMILES string of the molecule is CCOc1ccccc1-c1ccc(C(C)=O)c(=O)n1C1CC1. The summed E-state index contributed by atoms with van der Waals surface area (Å²) in [7, 11) is 0. The van der Waals surface area contributed by atoms with E-state index in [2.05, 4.69) is 0 Å². The van der Waals surface area contributed by atoms with Gasteiger partial charge in [0, 0.05) is 11.6 Å². The molecule has 2 aromatic rings. The van der Waals surface area contributed by atoms with E-state index >= 15 is 0 Å². The largest absolute Gasteiger partial charge is 0.493 e. The van der Waals surface area contributed by atoms with E-state index in [1.165, 1.54) is 6.92 Å². The molecular weight excluding hydrogens is 278 g/mol. The van der Waals surface area contributed by atoms with E-state index in [0.717, 1.165) is 29.8 Å². The zero-order valence-corrected chi connectivity index (χ0v) is 12.8. The molecule has 0 N–H and O–H groups in total. The molecule has 1 aromatic carbocycles. The highest BCUT2D eigenvalue weighted by Crippen LogP contribution is 2.39. The third kappa shape index (κ3) is 2.56. The molecule has 1 fully saturated rings. The van der Waals surface area contributed by atoms with Crippen molar-refractivity contribution >= 4 is 5.78 Å². The van der Waals surface area contributed by atoms with Crippen molar-refractivity contribution in [2.24, 2.45) is 0 Å². The number of hydrogen-bond donors (Lipinski definition) is 0. The second-order valence-electron chi connectivity index (χ2n) is 5.52. The highest BCUT2D eigenvalue weighted by Gasteiger charge is 2.29. The molecule has 0 aliphatic heterocycles. The number of benzene rings is 1. The zero-order valence-electron chi connectivity index (χ0n) is 12.8. The summed E-state index contributed by atoms with van der Waals surface area (Å²) in [6, 6.07) is 11.4. The van der Waals surface area contributed by atoms with Crippen molar-refractivity contribution < 1.29 is 9.53 Å². The lowest BCUT2D eigenvalue weighted by atomic mass is 10.1. The Morgan fingerprint density at radius 2 is 1.95 bits per heavy atom. The summed E-state index contributed by atoms with van der Waals surface area (Å²) in [5.41, 5.74) is 1.77. The third-order valence-corrected chi connectivity index (χ3v) is 3.87. The Balaban J connectivity index is 2.22. The van der Waals surface area contributed by atoms with Gasteiger partial charge in [0.25, 0.3) is 5.56 Å². The first kappa shape index (κ1) is 14.6. The van der Waals surface area contributed by atoms with E-state index in [4.69, 9.17) is 4.74 Å². The first-order chi connectivity index (χ1) is 10.6. The molecule has 0 bridgehead atoms. The lowest BCUT2D eigenvalue weighted by Crippen LogP contribution is -2.26. The van der Waals surface area contributed by atoms with Crippen molar-refractivity contribution in [2.45, 2.75) is 32.7 Å². The van der Waals surface area contributed by atoms with Crippen molar-refractivity contribution in [3.05, 3.63) is 52.3 Å². The van der Waals surface area contributed by atoms with Gasteiger partial charge in [-0.05, 0) is 51.0 Å². The van der Waals surface area contributed by atoms with Gasteiger partial charge < -0.3 is 9.30 Å². The van der Waals surface area contributed by atoms with Gasteiger partial charge in [-0.15, -0.1) is 0 Å². The first-order valence-electron chi connectivity index (χ1n) is 7.62. The molecule has 4 nitrogen and oxygen atoms in total. The van der Waals surface area contributed by atoms with Gasteiger partial charge in [0.1, 0.15) is 5.75 Å². The standard InChI is InChI=1S/C18H19NO3/c1-3-22-17-7-5-4-6-15(17)16-11-10-14(12(2)20)18(21)19(16)13-8-9-13/h4-7,10-11,13H,3,8-9H2,1-2H3. The molecule has 1 aromatic heterocycles. The number of hydrogen-bond acceptors (Lipinski definition) is 3. The van der Waals surface area contributed by atoms with Crippen LogP contribution in [-0.4, -0.2) is 17.0 Å². The maximum atomic E-state index is 12.7. The van der Waals surface area contributed by atoms with Gasteiger partial charge in [-0.3, -0.25) is 9.59 Å². The number of ether oxygens (including phenoxy) is 1. The number of aromatic nitrogens is 1. The zero-order chi connectivity index (χ0) is 15.7. The maximum Gasteiger partial charge on any atom is 0.262 e. The van der Waals surface area contributed by atoms with E-state index in [9.17, 15) is 9.59 Å². The quantitative estimate of drug-likeness (QED) is 0.794. The summed E-state index contributed by atoms with van der Waals surface area (Å²) in [6.07, 6.45) is 1.95. The minimum absolute atomic E-state index is 0.191. The Bertz CT molecular complexity index is 772. The van der Waals surface area contributed by atoms with Crippen molar-refractivity contribution in [1.82, 2.24) is 4.57 Å². The van der Waals surface area contributed by atoms with Crippen LogP contribution in [0.25, 0.3) is 11.3 Å². The van der Waals surface area contributed by atoms with Crippen LogP contribution in [0.15, 0.2) is 41.2 Å². The Hall–Kier alpha value is -2.36. The number of nitrogens with zero attached hydrogens (tertiary/aromatic N) is 1. The molecule has 0 atom stereocenters. The van der Waals surface area contributed by atoms with Crippen LogP contribution < -0.4 is 10.3 Å². The fraction of sp³-hybridized carbons (Fsp3) is 0.333. The van der Waals surface area contributed by atoms with E-state index in [1.807, 2.05) is 37.3 Å². The molecule has 1 heterocycles. The fourth-order valence-electron chi connectivity index (χ4n) is 2.70. The monoisotopic (exact) mass is 297 g/mol. The first-order valence-corrected chi connectivity index (χ1v) is 7.62. The number of rotatable bonds is 5. The number of pyridine rings is 1. The highest BCUT2D eigenvalue weighted by molar-refractivity contribution is 5.94.